The normalized spacial score (nSPS) is 16.5. The smallest absolute Gasteiger partial charge is 0.227 e. The van der Waals surface area contributed by atoms with Crippen LogP contribution >= 0.6 is 0 Å². The van der Waals surface area contributed by atoms with E-state index < -0.39 is 6.10 Å². The van der Waals surface area contributed by atoms with Gasteiger partial charge in [0.15, 0.2) is 0 Å². The van der Waals surface area contributed by atoms with Gasteiger partial charge in [-0.15, -0.1) is 6.58 Å². The quantitative estimate of drug-likeness (QED) is 0.346. The Bertz CT molecular complexity index is 1070. The molecule has 6 heteroatoms. The van der Waals surface area contributed by atoms with Crippen LogP contribution in [0.5, 0.6) is 11.6 Å². The molecule has 0 saturated carbocycles. The van der Waals surface area contributed by atoms with Crippen molar-refractivity contribution in [3.05, 3.63) is 84.1 Å². The predicted octanol–water partition coefficient (Wildman–Crippen LogP) is 5.59. The van der Waals surface area contributed by atoms with Crippen molar-refractivity contribution >= 4 is 0 Å². The molecule has 0 amide bonds. The second-order valence-corrected chi connectivity index (χ2v) is 9.38. The van der Waals surface area contributed by atoms with E-state index in [2.05, 4.69) is 18.4 Å². The summed E-state index contributed by atoms with van der Waals surface area (Å²) in [4.78, 5) is 2.28. The third-order valence-electron chi connectivity index (χ3n) is 6.41. The van der Waals surface area contributed by atoms with Crippen LogP contribution in [-0.2, 0) is 11.3 Å². The van der Waals surface area contributed by atoms with Crippen molar-refractivity contribution in [2.45, 2.75) is 58.3 Å². The summed E-state index contributed by atoms with van der Waals surface area (Å²) in [5, 5.41) is 15.6. The summed E-state index contributed by atoms with van der Waals surface area (Å²) in [6.45, 7) is 10.6. The van der Waals surface area contributed by atoms with Gasteiger partial charge in [-0.2, -0.15) is 5.10 Å². The fraction of sp³-hybridized carbons (Fsp3) is 0.414. The van der Waals surface area contributed by atoms with Gasteiger partial charge in [0, 0.05) is 26.2 Å². The molecule has 4 rings (SSSR count). The van der Waals surface area contributed by atoms with Crippen molar-refractivity contribution in [3.63, 3.8) is 0 Å². The lowest BCUT2D eigenvalue weighted by Gasteiger charge is -2.27. The molecule has 0 unspecified atom stereocenters. The standard InChI is InChI=1S/C29H37N3O3/c1-4-5-12-25(33)19-31(20-27-13-9-18-34-27)21-28-23(3)30-32(24-10-7-6-8-11-24)29(28)35-26-16-14-22(2)15-17-26/h4,6-8,10-11,14-17,25,27,33H,1,5,9,12-13,18-21H2,2-3H3/t25-,27+/m1/s1. The highest BCUT2D eigenvalue weighted by Gasteiger charge is 2.25. The fourth-order valence-corrected chi connectivity index (χ4v) is 4.49. The number of ether oxygens (including phenoxy) is 2. The Labute approximate surface area is 208 Å². The maximum absolute atomic E-state index is 10.7. The van der Waals surface area contributed by atoms with Crippen LogP contribution in [0.4, 0.5) is 0 Å². The van der Waals surface area contributed by atoms with E-state index >= 15 is 0 Å². The SMILES string of the molecule is C=CCC[C@@H](O)CN(Cc1c(C)nn(-c2ccccc2)c1Oc1ccc(C)cc1)C[C@@H]1CCCO1. The molecule has 2 heterocycles. The fourth-order valence-electron chi connectivity index (χ4n) is 4.49. The molecular formula is C29H37N3O3. The highest BCUT2D eigenvalue weighted by molar-refractivity contribution is 5.43. The largest absolute Gasteiger partial charge is 0.439 e. The summed E-state index contributed by atoms with van der Waals surface area (Å²) in [5.74, 6) is 1.47. The first kappa shape index (κ1) is 25.2. The zero-order chi connectivity index (χ0) is 24.6. The molecule has 1 aliphatic rings. The average molecular weight is 476 g/mol. The number of hydrogen-bond donors (Lipinski definition) is 1. The number of aromatic nitrogens is 2. The van der Waals surface area contributed by atoms with Crippen molar-refractivity contribution in [1.82, 2.24) is 14.7 Å². The van der Waals surface area contributed by atoms with Gasteiger partial charge in [-0.3, -0.25) is 4.90 Å². The lowest BCUT2D eigenvalue weighted by atomic mass is 10.1. The number of rotatable bonds is 12. The topological polar surface area (TPSA) is 59.8 Å². The van der Waals surface area contributed by atoms with Gasteiger partial charge in [0.1, 0.15) is 5.75 Å². The van der Waals surface area contributed by atoms with E-state index in [1.807, 2.05) is 72.3 Å². The Morgan fingerprint density at radius 2 is 1.97 bits per heavy atom. The highest BCUT2D eigenvalue weighted by atomic mass is 16.5. The first-order valence-corrected chi connectivity index (χ1v) is 12.5. The Morgan fingerprint density at radius 1 is 1.20 bits per heavy atom. The van der Waals surface area contributed by atoms with Gasteiger partial charge in [0.05, 0.1) is 29.2 Å². The molecule has 2 atom stereocenters. The highest BCUT2D eigenvalue weighted by Crippen LogP contribution is 2.32. The van der Waals surface area contributed by atoms with Crippen LogP contribution in [0.1, 0.15) is 42.5 Å². The van der Waals surface area contributed by atoms with E-state index in [-0.39, 0.29) is 6.10 Å². The Morgan fingerprint density at radius 3 is 2.66 bits per heavy atom. The minimum Gasteiger partial charge on any atom is -0.439 e. The Hall–Kier alpha value is -2.93. The Kier molecular flexibility index (Phi) is 8.74. The number of benzene rings is 2. The molecule has 0 bridgehead atoms. The summed E-state index contributed by atoms with van der Waals surface area (Å²) in [5.41, 5.74) is 4.06. The summed E-state index contributed by atoms with van der Waals surface area (Å²) >= 11 is 0. The number of allylic oxidation sites excluding steroid dienone is 1. The zero-order valence-electron chi connectivity index (χ0n) is 20.9. The summed E-state index contributed by atoms with van der Waals surface area (Å²) < 4.78 is 14.3. The minimum absolute atomic E-state index is 0.188. The minimum atomic E-state index is -0.430. The lowest BCUT2D eigenvalue weighted by Crippen LogP contribution is -2.37. The number of aryl methyl sites for hydroxylation is 2. The maximum atomic E-state index is 10.7. The molecule has 1 N–H and O–H groups in total. The monoisotopic (exact) mass is 475 g/mol. The molecule has 35 heavy (non-hydrogen) atoms. The molecule has 3 aromatic rings. The molecule has 1 saturated heterocycles. The molecular weight excluding hydrogens is 438 g/mol. The summed E-state index contributed by atoms with van der Waals surface area (Å²) in [7, 11) is 0. The third kappa shape index (κ3) is 6.82. The van der Waals surface area contributed by atoms with Gasteiger partial charge < -0.3 is 14.6 Å². The summed E-state index contributed by atoms with van der Waals surface area (Å²) in [6, 6.07) is 18.1. The van der Waals surface area contributed by atoms with Crippen LogP contribution in [0.25, 0.3) is 5.69 Å². The van der Waals surface area contributed by atoms with Crippen molar-refractivity contribution in [3.8, 4) is 17.3 Å². The first-order chi connectivity index (χ1) is 17.0. The molecule has 2 aromatic carbocycles. The van der Waals surface area contributed by atoms with Gasteiger partial charge in [-0.05, 0) is 63.8 Å². The van der Waals surface area contributed by atoms with E-state index in [9.17, 15) is 5.11 Å². The van der Waals surface area contributed by atoms with Crippen LogP contribution in [0.3, 0.4) is 0 Å². The van der Waals surface area contributed by atoms with Crippen LogP contribution in [0.2, 0.25) is 0 Å². The van der Waals surface area contributed by atoms with E-state index in [1.54, 1.807) is 0 Å². The van der Waals surface area contributed by atoms with Crippen LogP contribution in [0.15, 0.2) is 67.3 Å². The van der Waals surface area contributed by atoms with E-state index in [0.717, 1.165) is 55.1 Å². The van der Waals surface area contributed by atoms with E-state index in [1.165, 1.54) is 5.56 Å². The van der Waals surface area contributed by atoms with Crippen LogP contribution < -0.4 is 4.74 Å². The van der Waals surface area contributed by atoms with Gasteiger partial charge in [-0.25, -0.2) is 4.68 Å². The second kappa shape index (κ2) is 12.2. The molecule has 6 nitrogen and oxygen atoms in total. The molecule has 0 radical (unpaired) electrons. The van der Waals surface area contributed by atoms with Crippen molar-refractivity contribution < 1.29 is 14.6 Å². The third-order valence-corrected chi connectivity index (χ3v) is 6.41. The average Bonchev–Trinajstić information content (AvgIpc) is 3.48. The van der Waals surface area contributed by atoms with Gasteiger partial charge in [0.2, 0.25) is 5.88 Å². The van der Waals surface area contributed by atoms with Gasteiger partial charge in [0.25, 0.3) is 0 Å². The predicted molar refractivity (Wildman–Crippen MR) is 139 cm³/mol. The van der Waals surface area contributed by atoms with E-state index in [0.29, 0.717) is 25.4 Å². The first-order valence-electron chi connectivity index (χ1n) is 12.5. The van der Waals surface area contributed by atoms with Gasteiger partial charge >= 0.3 is 0 Å². The molecule has 1 aromatic heterocycles. The molecule has 1 fully saturated rings. The number of nitrogens with zero attached hydrogens (tertiary/aromatic N) is 3. The number of aliphatic hydroxyl groups is 1. The van der Waals surface area contributed by atoms with Crippen LogP contribution in [0, 0.1) is 13.8 Å². The molecule has 0 spiro atoms. The second-order valence-electron chi connectivity index (χ2n) is 9.38. The lowest BCUT2D eigenvalue weighted by molar-refractivity contribution is 0.0442. The van der Waals surface area contributed by atoms with E-state index in [4.69, 9.17) is 14.6 Å². The summed E-state index contributed by atoms with van der Waals surface area (Å²) in [6.07, 6.45) is 5.24. The van der Waals surface area contributed by atoms with Gasteiger partial charge in [-0.1, -0.05) is 42.0 Å². The number of aliphatic hydroxyl groups excluding tert-OH is 1. The molecule has 186 valence electrons. The zero-order valence-corrected chi connectivity index (χ0v) is 20.9. The van der Waals surface area contributed by atoms with Crippen molar-refractivity contribution in [2.24, 2.45) is 0 Å². The molecule has 1 aliphatic heterocycles. The maximum Gasteiger partial charge on any atom is 0.227 e. The van der Waals surface area contributed by atoms with Crippen molar-refractivity contribution in [2.75, 3.05) is 19.7 Å². The van der Waals surface area contributed by atoms with Crippen LogP contribution in [-0.4, -0.2) is 51.7 Å². The Balaban J connectivity index is 1.66. The number of hydrogen-bond acceptors (Lipinski definition) is 5. The van der Waals surface area contributed by atoms with Crippen molar-refractivity contribution in [1.29, 1.82) is 0 Å². The molecule has 0 aliphatic carbocycles. The number of para-hydroxylation sites is 1.